The van der Waals surface area contributed by atoms with Crippen molar-refractivity contribution in [1.82, 2.24) is 0 Å². The number of amidine groups is 1. The van der Waals surface area contributed by atoms with E-state index >= 15 is 0 Å². The van der Waals surface area contributed by atoms with Crippen LogP contribution in [0.25, 0.3) is 0 Å². The van der Waals surface area contributed by atoms with Crippen molar-refractivity contribution in [2.24, 2.45) is 10.9 Å². The van der Waals surface area contributed by atoms with E-state index in [1.54, 1.807) is 30.3 Å². The van der Waals surface area contributed by atoms with E-state index in [1.165, 1.54) is 12.1 Å². The molecule has 0 heterocycles. The Morgan fingerprint density at radius 3 is 2.60 bits per heavy atom. The van der Waals surface area contributed by atoms with Crippen molar-refractivity contribution in [3.8, 4) is 5.75 Å². The number of oxime groups is 1. The molecule has 0 spiro atoms. The molecule has 104 valence electrons. The standard InChI is InChI=1S/C14H12BrFN2O2/c15-12-6-5-11(16)7-13(12)20-8-9-1-3-10(4-2-9)14(17)18-19/h1-7,19H,8H2,(H2,17,18). The Hall–Kier alpha value is -2.08. The number of rotatable bonds is 4. The maximum atomic E-state index is 13.1. The van der Waals surface area contributed by atoms with Crippen LogP contribution in [-0.2, 0) is 6.61 Å². The summed E-state index contributed by atoms with van der Waals surface area (Å²) in [6.07, 6.45) is 0. The van der Waals surface area contributed by atoms with Crippen LogP contribution < -0.4 is 10.5 Å². The predicted octanol–water partition coefficient (Wildman–Crippen LogP) is 3.26. The van der Waals surface area contributed by atoms with E-state index in [0.29, 0.717) is 22.4 Å². The lowest BCUT2D eigenvalue weighted by atomic mass is 10.1. The molecule has 0 atom stereocenters. The van der Waals surface area contributed by atoms with Crippen LogP contribution in [-0.4, -0.2) is 11.0 Å². The molecule has 0 saturated heterocycles. The van der Waals surface area contributed by atoms with Gasteiger partial charge >= 0.3 is 0 Å². The number of halogens is 2. The van der Waals surface area contributed by atoms with Crippen LogP contribution in [0.5, 0.6) is 5.75 Å². The van der Waals surface area contributed by atoms with Crippen LogP contribution in [0.2, 0.25) is 0 Å². The second kappa shape index (κ2) is 6.38. The topological polar surface area (TPSA) is 67.8 Å². The van der Waals surface area contributed by atoms with Crippen molar-refractivity contribution in [1.29, 1.82) is 0 Å². The minimum absolute atomic E-state index is 0.0466. The highest BCUT2D eigenvalue weighted by molar-refractivity contribution is 9.10. The molecule has 0 aliphatic heterocycles. The van der Waals surface area contributed by atoms with Crippen LogP contribution in [0.4, 0.5) is 4.39 Å². The lowest BCUT2D eigenvalue weighted by molar-refractivity contribution is 0.302. The SMILES string of the molecule is N/C(=N/O)c1ccc(COc2cc(F)ccc2Br)cc1. The van der Waals surface area contributed by atoms with Crippen molar-refractivity contribution in [3.63, 3.8) is 0 Å². The molecule has 0 aliphatic rings. The first-order chi connectivity index (χ1) is 9.60. The minimum Gasteiger partial charge on any atom is -0.488 e. The maximum absolute atomic E-state index is 13.1. The van der Waals surface area contributed by atoms with E-state index in [9.17, 15) is 4.39 Å². The van der Waals surface area contributed by atoms with E-state index in [-0.39, 0.29) is 11.7 Å². The Labute approximate surface area is 123 Å². The molecule has 2 aromatic rings. The Morgan fingerprint density at radius 2 is 1.95 bits per heavy atom. The quantitative estimate of drug-likeness (QED) is 0.389. The molecule has 0 aliphatic carbocycles. The lowest BCUT2D eigenvalue weighted by Crippen LogP contribution is -2.12. The molecular weight excluding hydrogens is 327 g/mol. The van der Waals surface area contributed by atoms with Crippen molar-refractivity contribution in [2.45, 2.75) is 6.61 Å². The van der Waals surface area contributed by atoms with Crippen molar-refractivity contribution < 1.29 is 14.3 Å². The average Bonchev–Trinajstić information content (AvgIpc) is 2.48. The molecule has 20 heavy (non-hydrogen) atoms. The summed E-state index contributed by atoms with van der Waals surface area (Å²) in [5.74, 6) is 0.126. The van der Waals surface area contributed by atoms with Crippen molar-refractivity contribution in [2.75, 3.05) is 0 Å². The van der Waals surface area contributed by atoms with E-state index in [2.05, 4.69) is 21.1 Å². The van der Waals surface area contributed by atoms with Gasteiger partial charge in [0, 0.05) is 11.6 Å². The van der Waals surface area contributed by atoms with Gasteiger partial charge in [0.2, 0.25) is 0 Å². The molecule has 4 nitrogen and oxygen atoms in total. The summed E-state index contributed by atoms with van der Waals surface area (Å²) in [5, 5.41) is 11.5. The van der Waals surface area contributed by atoms with Crippen LogP contribution in [0.15, 0.2) is 52.1 Å². The number of ether oxygens (including phenoxy) is 1. The van der Waals surface area contributed by atoms with Gasteiger partial charge in [-0.25, -0.2) is 4.39 Å². The van der Waals surface area contributed by atoms with Gasteiger partial charge in [0.1, 0.15) is 18.2 Å². The van der Waals surface area contributed by atoms with Gasteiger partial charge in [0.15, 0.2) is 5.84 Å². The van der Waals surface area contributed by atoms with Gasteiger partial charge in [-0.1, -0.05) is 29.4 Å². The molecule has 0 unspecified atom stereocenters. The smallest absolute Gasteiger partial charge is 0.170 e. The van der Waals surface area contributed by atoms with Gasteiger partial charge in [-0.05, 0) is 33.6 Å². The first kappa shape index (κ1) is 14.3. The number of nitrogens with two attached hydrogens (primary N) is 1. The second-order valence-electron chi connectivity index (χ2n) is 4.05. The van der Waals surface area contributed by atoms with E-state index in [0.717, 1.165) is 5.56 Å². The summed E-state index contributed by atoms with van der Waals surface area (Å²) >= 11 is 3.29. The molecule has 2 rings (SSSR count). The number of hydrogen-bond acceptors (Lipinski definition) is 3. The highest BCUT2D eigenvalue weighted by Crippen LogP contribution is 2.26. The normalized spacial score (nSPS) is 11.4. The molecule has 0 bridgehead atoms. The summed E-state index contributed by atoms with van der Waals surface area (Å²) in [4.78, 5) is 0. The monoisotopic (exact) mass is 338 g/mol. The highest BCUT2D eigenvalue weighted by Gasteiger charge is 2.04. The van der Waals surface area contributed by atoms with Crippen molar-refractivity contribution >= 4 is 21.8 Å². The summed E-state index contributed by atoms with van der Waals surface area (Å²) in [7, 11) is 0. The fourth-order valence-electron chi connectivity index (χ4n) is 1.58. The van der Waals surface area contributed by atoms with Crippen LogP contribution in [0.3, 0.4) is 0 Å². The zero-order valence-corrected chi connectivity index (χ0v) is 12.0. The Balaban J connectivity index is 2.06. The van der Waals surface area contributed by atoms with Gasteiger partial charge in [0.05, 0.1) is 4.47 Å². The summed E-state index contributed by atoms with van der Waals surface area (Å²) in [5.41, 5.74) is 6.97. The number of benzene rings is 2. The fraction of sp³-hybridized carbons (Fsp3) is 0.0714. The third-order valence-electron chi connectivity index (χ3n) is 2.65. The third kappa shape index (κ3) is 3.48. The van der Waals surface area contributed by atoms with Crippen LogP contribution in [0.1, 0.15) is 11.1 Å². The van der Waals surface area contributed by atoms with Gasteiger partial charge < -0.3 is 15.7 Å². The van der Waals surface area contributed by atoms with Crippen LogP contribution in [0, 0.1) is 5.82 Å². The van der Waals surface area contributed by atoms with Crippen molar-refractivity contribution in [3.05, 3.63) is 63.9 Å². The fourth-order valence-corrected chi connectivity index (χ4v) is 1.94. The average molecular weight is 339 g/mol. The maximum Gasteiger partial charge on any atom is 0.170 e. The molecule has 6 heteroatoms. The molecule has 3 N–H and O–H groups in total. The van der Waals surface area contributed by atoms with Gasteiger partial charge in [-0.3, -0.25) is 0 Å². The lowest BCUT2D eigenvalue weighted by Gasteiger charge is -2.09. The van der Waals surface area contributed by atoms with Gasteiger partial charge in [0.25, 0.3) is 0 Å². The Bertz CT molecular complexity index is 630. The highest BCUT2D eigenvalue weighted by atomic mass is 79.9. The molecule has 2 aromatic carbocycles. The van der Waals surface area contributed by atoms with Gasteiger partial charge in [-0.15, -0.1) is 0 Å². The molecule has 0 fully saturated rings. The predicted molar refractivity (Wildman–Crippen MR) is 77.4 cm³/mol. The summed E-state index contributed by atoms with van der Waals surface area (Å²) in [6.45, 7) is 0.290. The minimum atomic E-state index is -0.356. The molecule has 0 saturated carbocycles. The largest absolute Gasteiger partial charge is 0.488 e. The number of nitrogens with zero attached hydrogens (tertiary/aromatic N) is 1. The number of hydrogen-bond donors (Lipinski definition) is 2. The molecule has 0 aromatic heterocycles. The van der Waals surface area contributed by atoms with E-state index in [4.69, 9.17) is 15.7 Å². The Morgan fingerprint density at radius 1 is 1.25 bits per heavy atom. The van der Waals surface area contributed by atoms with Crippen LogP contribution >= 0.6 is 15.9 Å². The van der Waals surface area contributed by atoms with E-state index in [1.807, 2.05) is 0 Å². The molecule has 0 amide bonds. The second-order valence-corrected chi connectivity index (χ2v) is 4.90. The van der Waals surface area contributed by atoms with E-state index < -0.39 is 0 Å². The third-order valence-corrected chi connectivity index (χ3v) is 3.30. The first-order valence-corrected chi connectivity index (χ1v) is 6.54. The summed E-state index contributed by atoms with van der Waals surface area (Å²) in [6, 6.07) is 11.3. The zero-order valence-electron chi connectivity index (χ0n) is 10.4. The Kier molecular flexibility index (Phi) is 4.57. The van der Waals surface area contributed by atoms with Gasteiger partial charge in [-0.2, -0.15) is 0 Å². The molecule has 0 radical (unpaired) electrons. The molecular formula is C14H12BrFN2O2. The zero-order chi connectivity index (χ0) is 14.5. The summed E-state index contributed by atoms with van der Waals surface area (Å²) < 4.78 is 19.3. The first-order valence-electron chi connectivity index (χ1n) is 5.75.